The summed E-state index contributed by atoms with van der Waals surface area (Å²) in [5.41, 5.74) is -1.16. The Kier molecular flexibility index (Phi) is 5.07. The fraction of sp³-hybridized carbons (Fsp3) is 0.778. The monoisotopic (exact) mass is 218 g/mol. The molecule has 0 aliphatic rings. The van der Waals surface area contributed by atoms with E-state index in [-0.39, 0.29) is 5.91 Å². The lowest BCUT2D eigenvalue weighted by atomic mass is 9.94. The Labute approximate surface area is 89.3 Å². The molecular formula is C9H18N2O4. The Hall–Kier alpha value is -1.30. The maximum atomic E-state index is 11.6. The molecule has 88 valence electrons. The van der Waals surface area contributed by atoms with Crippen LogP contribution < -0.4 is 10.6 Å². The van der Waals surface area contributed by atoms with Crippen molar-refractivity contribution in [2.24, 2.45) is 0 Å². The van der Waals surface area contributed by atoms with Gasteiger partial charge in [0.25, 0.3) is 0 Å². The molecule has 2 unspecified atom stereocenters. The van der Waals surface area contributed by atoms with E-state index in [1.807, 2.05) is 0 Å². The van der Waals surface area contributed by atoms with Crippen LogP contribution in [0.2, 0.25) is 0 Å². The molecule has 0 heterocycles. The van der Waals surface area contributed by atoms with E-state index in [0.29, 0.717) is 0 Å². The van der Waals surface area contributed by atoms with Crippen LogP contribution in [0.4, 0.5) is 4.79 Å². The number of amides is 2. The molecule has 0 aliphatic carbocycles. The summed E-state index contributed by atoms with van der Waals surface area (Å²) in [7, 11) is 4.18. The minimum Gasteiger partial charge on any atom is -0.453 e. The number of nitrogens with one attached hydrogen (secondary N) is 2. The number of hydrogen-bond donors (Lipinski definition) is 2. The number of methoxy groups -OCH3 is 2. The maximum Gasteiger partial charge on any atom is 0.407 e. The predicted octanol–water partition coefficient (Wildman–Crippen LogP) is -0.118. The van der Waals surface area contributed by atoms with Gasteiger partial charge in [0.15, 0.2) is 0 Å². The number of alkyl carbamates (subject to hydrolysis) is 1. The molecule has 0 rings (SSSR count). The van der Waals surface area contributed by atoms with Crippen molar-refractivity contribution < 1.29 is 19.1 Å². The predicted molar refractivity (Wildman–Crippen MR) is 54.5 cm³/mol. The second-order valence-corrected chi connectivity index (χ2v) is 3.28. The largest absolute Gasteiger partial charge is 0.453 e. The third-order valence-corrected chi connectivity index (χ3v) is 2.41. The van der Waals surface area contributed by atoms with E-state index >= 15 is 0 Å². The van der Waals surface area contributed by atoms with Crippen molar-refractivity contribution in [1.29, 1.82) is 0 Å². The highest BCUT2D eigenvalue weighted by Gasteiger charge is 2.40. The molecule has 0 spiro atoms. The molecular weight excluding hydrogens is 200 g/mol. The van der Waals surface area contributed by atoms with Crippen molar-refractivity contribution >= 4 is 12.0 Å². The average molecular weight is 218 g/mol. The van der Waals surface area contributed by atoms with E-state index in [4.69, 9.17) is 4.74 Å². The third kappa shape index (κ3) is 3.09. The molecule has 0 radical (unpaired) electrons. The van der Waals surface area contributed by atoms with E-state index in [0.717, 1.165) is 0 Å². The van der Waals surface area contributed by atoms with Crippen molar-refractivity contribution in [2.75, 3.05) is 21.3 Å². The molecule has 0 saturated heterocycles. The molecule has 0 fully saturated rings. The van der Waals surface area contributed by atoms with Crippen molar-refractivity contribution in [2.45, 2.75) is 25.5 Å². The van der Waals surface area contributed by atoms with Crippen molar-refractivity contribution in [3.05, 3.63) is 0 Å². The molecule has 0 aliphatic heterocycles. The molecule has 15 heavy (non-hydrogen) atoms. The van der Waals surface area contributed by atoms with E-state index in [9.17, 15) is 9.59 Å². The fourth-order valence-corrected chi connectivity index (χ4v) is 1.10. The summed E-state index contributed by atoms with van der Waals surface area (Å²) in [6.07, 6.45) is -1.15. The van der Waals surface area contributed by atoms with Gasteiger partial charge in [0.2, 0.25) is 5.91 Å². The first-order valence-corrected chi connectivity index (χ1v) is 4.53. The summed E-state index contributed by atoms with van der Waals surface area (Å²) in [4.78, 5) is 22.7. The molecule has 2 atom stereocenters. The third-order valence-electron chi connectivity index (χ3n) is 2.41. The van der Waals surface area contributed by atoms with Crippen molar-refractivity contribution in [3.8, 4) is 0 Å². The second-order valence-electron chi connectivity index (χ2n) is 3.28. The zero-order valence-corrected chi connectivity index (χ0v) is 9.71. The zero-order valence-electron chi connectivity index (χ0n) is 9.71. The van der Waals surface area contributed by atoms with Gasteiger partial charge in [-0.1, -0.05) is 0 Å². The van der Waals surface area contributed by atoms with E-state index in [1.54, 1.807) is 13.8 Å². The van der Waals surface area contributed by atoms with Crippen molar-refractivity contribution in [3.63, 3.8) is 0 Å². The van der Waals surface area contributed by atoms with Gasteiger partial charge in [-0.05, 0) is 13.8 Å². The highest BCUT2D eigenvalue weighted by Crippen LogP contribution is 2.13. The fourth-order valence-electron chi connectivity index (χ4n) is 1.10. The van der Waals surface area contributed by atoms with Gasteiger partial charge in [-0.3, -0.25) is 4.79 Å². The molecule has 0 aromatic rings. The highest BCUT2D eigenvalue weighted by molar-refractivity contribution is 5.90. The van der Waals surface area contributed by atoms with Crippen LogP contribution in [0.25, 0.3) is 0 Å². The average Bonchev–Trinajstić information content (AvgIpc) is 2.25. The summed E-state index contributed by atoms with van der Waals surface area (Å²) in [6.45, 7) is 3.25. The van der Waals surface area contributed by atoms with E-state index in [2.05, 4.69) is 15.4 Å². The van der Waals surface area contributed by atoms with Crippen LogP contribution in [-0.2, 0) is 14.3 Å². The van der Waals surface area contributed by atoms with Crippen LogP contribution in [0.1, 0.15) is 13.8 Å². The standard InChI is InChI=1S/C9H18N2O4/c1-6(14-4)9(2,7(12)10-3)11-8(13)15-5/h6H,1-5H3,(H,10,12)(H,11,13). The van der Waals surface area contributed by atoms with Crippen molar-refractivity contribution in [1.82, 2.24) is 10.6 Å². The van der Waals surface area contributed by atoms with Gasteiger partial charge < -0.3 is 20.1 Å². The number of ether oxygens (including phenoxy) is 2. The topological polar surface area (TPSA) is 76.7 Å². The molecule has 6 nitrogen and oxygen atoms in total. The highest BCUT2D eigenvalue weighted by atomic mass is 16.5. The van der Waals surface area contributed by atoms with Gasteiger partial charge in [-0.15, -0.1) is 0 Å². The minimum absolute atomic E-state index is 0.345. The van der Waals surface area contributed by atoms with Crippen LogP contribution in [0.15, 0.2) is 0 Å². The summed E-state index contributed by atoms with van der Waals surface area (Å²) >= 11 is 0. The Morgan fingerprint density at radius 2 is 1.87 bits per heavy atom. The number of carbonyl (C=O) groups is 2. The Balaban J connectivity index is 4.85. The summed E-state index contributed by atoms with van der Waals surface area (Å²) in [5, 5.41) is 4.91. The molecule has 0 aromatic heterocycles. The summed E-state index contributed by atoms with van der Waals surface area (Å²) in [6, 6.07) is 0. The molecule has 2 amide bonds. The molecule has 0 bridgehead atoms. The van der Waals surface area contributed by atoms with Crippen LogP contribution in [-0.4, -0.2) is 44.9 Å². The number of rotatable bonds is 4. The second kappa shape index (κ2) is 5.55. The van der Waals surface area contributed by atoms with Gasteiger partial charge in [0, 0.05) is 14.2 Å². The molecule has 2 N–H and O–H groups in total. The van der Waals surface area contributed by atoms with Gasteiger partial charge in [0.1, 0.15) is 5.54 Å². The lowest BCUT2D eigenvalue weighted by Crippen LogP contribution is -2.62. The first kappa shape index (κ1) is 13.7. The summed E-state index contributed by atoms with van der Waals surface area (Å²) in [5.74, 6) is -0.345. The van der Waals surface area contributed by atoms with Gasteiger partial charge in [-0.2, -0.15) is 0 Å². The van der Waals surface area contributed by atoms with Gasteiger partial charge in [0.05, 0.1) is 13.2 Å². The van der Waals surface area contributed by atoms with Crippen LogP contribution in [0.3, 0.4) is 0 Å². The van der Waals surface area contributed by atoms with E-state index < -0.39 is 17.7 Å². The number of carbonyl (C=O) groups excluding carboxylic acids is 2. The lowest BCUT2D eigenvalue weighted by Gasteiger charge is -2.32. The van der Waals surface area contributed by atoms with E-state index in [1.165, 1.54) is 21.3 Å². The quantitative estimate of drug-likeness (QED) is 0.689. The molecule has 0 aromatic carbocycles. The lowest BCUT2D eigenvalue weighted by molar-refractivity contribution is -0.131. The van der Waals surface area contributed by atoms with Gasteiger partial charge >= 0.3 is 6.09 Å². The molecule has 0 saturated carbocycles. The van der Waals surface area contributed by atoms with Crippen LogP contribution >= 0.6 is 0 Å². The maximum absolute atomic E-state index is 11.6. The zero-order chi connectivity index (χ0) is 12.1. The summed E-state index contributed by atoms with van der Waals surface area (Å²) < 4.78 is 9.50. The first-order valence-electron chi connectivity index (χ1n) is 4.53. The van der Waals surface area contributed by atoms with Crippen LogP contribution in [0.5, 0.6) is 0 Å². The number of hydrogen-bond acceptors (Lipinski definition) is 4. The smallest absolute Gasteiger partial charge is 0.407 e. The normalized spacial score (nSPS) is 16.1. The molecule has 6 heteroatoms. The first-order chi connectivity index (χ1) is 6.92. The Morgan fingerprint density at radius 3 is 2.20 bits per heavy atom. The minimum atomic E-state index is -1.16. The SMILES string of the molecule is CNC(=O)C(C)(NC(=O)OC)C(C)OC. The van der Waals surface area contributed by atoms with Crippen LogP contribution in [0, 0.1) is 0 Å². The number of likely N-dealkylation sites (N-methyl/N-ethyl adjacent to an activating group) is 1. The van der Waals surface area contributed by atoms with Gasteiger partial charge in [-0.25, -0.2) is 4.79 Å². The Morgan fingerprint density at radius 1 is 1.33 bits per heavy atom. The Bertz CT molecular complexity index is 244.